The minimum atomic E-state index is -4.10. The molecule has 0 aliphatic rings. The van der Waals surface area contributed by atoms with E-state index >= 15 is 0 Å². The molecule has 1 aromatic carbocycles. The molecule has 0 spiro atoms. The lowest BCUT2D eigenvalue weighted by atomic mass is 10.2. The van der Waals surface area contributed by atoms with Crippen molar-refractivity contribution in [2.75, 3.05) is 18.5 Å². The average molecular weight is 393 g/mol. The first kappa shape index (κ1) is 20.7. The van der Waals surface area contributed by atoms with E-state index in [1.807, 2.05) is 19.1 Å². The Balaban J connectivity index is 2.19. The summed E-state index contributed by atoms with van der Waals surface area (Å²) in [4.78, 5) is 26.9. The molecule has 0 fully saturated rings. The largest absolute Gasteiger partial charge is 0.462 e. The summed E-state index contributed by atoms with van der Waals surface area (Å²) in [6, 6.07) is 7.16. The van der Waals surface area contributed by atoms with Gasteiger partial charge in [-0.2, -0.15) is 0 Å². The van der Waals surface area contributed by atoms with E-state index < -0.39 is 28.4 Å². The van der Waals surface area contributed by atoms with Gasteiger partial charge in [-0.3, -0.25) is 4.79 Å². The summed E-state index contributed by atoms with van der Waals surface area (Å²) in [5, 5.41) is 2.65. The molecule has 0 unspecified atom stereocenters. The van der Waals surface area contributed by atoms with E-state index in [4.69, 9.17) is 4.74 Å². The number of hydrogen-bond acceptors (Lipinski definition) is 5. The van der Waals surface area contributed by atoms with Crippen molar-refractivity contribution in [1.82, 2.24) is 9.71 Å². The van der Waals surface area contributed by atoms with E-state index in [2.05, 4.69) is 15.0 Å². The van der Waals surface area contributed by atoms with Crippen LogP contribution in [0.1, 0.15) is 34.2 Å². The highest BCUT2D eigenvalue weighted by molar-refractivity contribution is 7.89. The maximum Gasteiger partial charge on any atom is 0.341 e. The molecule has 0 saturated carbocycles. The summed E-state index contributed by atoms with van der Waals surface area (Å²) < 4.78 is 32.6. The van der Waals surface area contributed by atoms with E-state index in [0.717, 1.165) is 5.56 Å². The number of amides is 1. The van der Waals surface area contributed by atoms with Gasteiger partial charge in [0, 0.05) is 17.1 Å². The SMILES string of the molecule is CCOC(=O)c1c(C)[nH]c(C)c1S(=O)(=O)NCC(=O)Nc1ccccc1C. The first-order chi connectivity index (χ1) is 12.7. The van der Waals surface area contributed by atoms with Crippen LogP contribution in [0.4, 0.5) is 5.69 Å². The van der Waals surface area contributed by atoms with Crippen LogP contribution >= 0.6 is 0 Å². The smallest absolute Gasteiger partial charge is 0.341 e. The van der Waals surface area contributed by atoms with Crippen molar-refractivity contribution < 1.29 is 22.7 Å². The number of ether oxygens (including phenoxy) is 1. The Morgan fingerprint density at radius 1 is 1.11 bits per heavy atom. The van der Waals surface area contributed by atoms with Crippen molar-refractivity contribution >= 4 is 27.6 Å². The van der Waals surface area contributed by atoms with Crippen molar-refractivity contribution in [3.63, 3.8) is 0 Å². The third-order valence-electron chi connectivity index (χ3n) is 3.91. The van der Waals surface area contributed by atoms with Gasteiger partial charge in [-0.25, -0.2) is 17.9 Å². The van der Waals surface area contributed by atoms with Gasteiger partial charge in [-0.05, 0) is 39.3 Å². The summed E-state index contributed by atoms with van der Waals surface area (Å²) in [5.74, 6) is -1.25. The average Bonchev–Trinajstić information content (AvgIpc) is 2.90. The number of sulfonamides is 1. The van der Waals surface area contributed by atoms with Gasteiger partial charge in [0.2, 0.25) is 15.9 Å². The maximum absolute atomic E-state index is 12.7. The van der Waals surface area contributed by atoms with Crippen LogP contribution in [0.5, 0.6) is 0 Å². The number of aromatic nitrogens is 1. The number of aryl methyl sites for hydroxylation is 3. The summed E-state index contributed by atoms with van der Waals surface area (Å²) in [6.07, 6.45) is 0. The van der Waals surface area contributed by atoms with Gasteiger partial charge in [-0.1, -0.05) is 18.2 Å². The second-order valence-electron chi connectivity index (χ2n) is 5.99. The van der Waals surface area contributed by atoms with Crippen LogP contribution in [-0.4, -0.2) is 38.4 Å². The summed E-state index contributed by atoms with van der Waals surface area (Å²) in [7, 11) is -4.10. The molecule has 8 nitrogen and oxygen atoms in total. The van der Waals surface area contributed by atoms with Gasteiger partial charge in [0.05, 0.1) is 13.2 Å². The molecule has 1 aromatic heterocycles. The topological polar surface area (TPSA) is 117 Å². The maximum atomic E-state index is 12.7. The first-order valence-electron chi connectivity index (χ1n) is 8.38. The predicted molar refractivity (Wildman–Crippen MR) is 101 cm³/mol. The molecular weight excluding hydrogens is 370 g/mol. The van der Waals surface area contributed by atoms with Gasteiger partial charge in [0.25, 0.3) is 0 Å². The van der Waals surface area contributed by atoms with Crippen molar-refractivity contribution in [3.05, 3.63) is 46.8 Å². The molecule has 3 N–H and O–H groups in total. The summed E-state index contributed by atoms with van der Waals surface area (Å²) in [5.41, 5.74) is 2.08. The highest BCUT2D eigenvalue weighted by Crippen LogP contribution is 2.24. The van der Waals surface area contributed by atoms with Crippen LogP contribution in [0.3, 0.4) is 0 Å². The van der Waals surface area contributed by atoms with Crippen LogP contribution in [0.15, 0.2) is 29.2 Å². The predicted octanol–water partition coefficient (Wildman–Crippen LogP) is 2.03. The highest BCUT2D eigenvalue weighted by Gasteiger charge is 2.30. The monoisotopic (exact) mass is 393 g/mol. The van der Waals surface area contributed by atoms with Crippen LogP contribution in [-0.2, 0) is 19.6 Å². The highest BCUT2D eigenvalue weighted by atomic mass is 32.2. The lowest BCUT2D eigenvalue weighted by Crippen LogP contribution is -2.34. The first-order valence-corrected chi connectivity index (χ1v) is 9.87. The van der Waals surface area contributed by atoms with Crippen LogP contribution < -0.4 is 10.0 Å². The Morgan fingerprint density at radius 2 is 1.78 bits per heavy atom. The standard InChI is InChI=1S/C18H23N3O5S/c1-5-26-18(23)16-12(3)20-13(4)17(16)27(24,25)19-10-15(22)21-14-9-7-6-8-11(14)2/h6-9,19-20H,5,10H2,1-4H3,(H,21,22). The lowest BCUT2D eigenvalue weighted by molar-refractivity contribution is -0.115. The Hall–Kier alpha value is -2.65. The molecule has 2 rings (SSSR count). The van der Waals surface area contributed by atoms with Gasteiger partial charge in [-0.15, -0.1) is 0 Å². The molecule has 0 saturated heterocycles. The Kier molecular flexibility index (Phi) is 6.40. The van der Waals surface area contributed by atoms with Gasteiger partial charge in [0.1, 0.15) is 10.5 Å². The number of nitrogens with one attached hydrogen (secondary N) is 3. The number of hydrogen-bond donors (Lipinski definition) is 3. The third kappa shape index (κ3) is 4.75. The molecule has 0 radical (unpaired) electrons. The van der Waals surface area contributed by atoms with Gasteiger partial charge >= 0.3 is 5.97 Å². The second kappa shape index (κ2) is 8.36. The number of rotatable bonds is 7. The van der Waals surface area contributed by atoms with Crippen LogP contribution in [0, 0.1) is 20.8 Å². The van der Waals surface area contributed by atoms with Crippen LogP contribution in [0.2, 0.25) is 0 Å². The molecule has 0 atom stereocenters. The number of esters is 1. The quantitative estimate of drug-likeness (QED) is 0.622. The van der Waals surface area contributed by atoms with Crippen molar-refractivity contribution in [2.24, 2.45) is 0 Å². The molecule has 9 heteroatoms. The Bertz CT molecular complexity index is 963. The molecular formula is C18H23N3O5S. The zero-order valence-corrected chi connectivity index (χ0v) is 16.5. The fourth-order valence-electron chi connectivity index (χ4n) is 2.68. The number of benzene rings is 1. The Morgan fingerprint density at radius 3 is 2.41 bits per heavy atom. The number of anilines is 1. The fourth-order valence-corrected chi connectivity index (χ4v) is 4.11. The molecule has 146 valence electrons. The van der Waals surface area contributed by atoms with E-state index in [9.17, 15) is 18.0 Å². The number of carbonyl (C=O) groups excluding carboxylic acids is 2. The zero-order valence-electron chi connectivity index (χ0n) is 15.7. The van der Waals surface area contributed by atoms with Crippen molar-refractivity contribution in [2.45, 2.75) is 32.6 Å². The normalized spacial score (nSPS) is 11.3. The number of H-pyrrole nitrogens is 1. The third-order valence-corrected chi connectivity index (χ3v) is 5.48. The number of para-hydroxylation sites is 1. The number of carbonyl (C=O) groups is 2. The summed E-state index contributed by atoms with van der Waals surface area (Å²) in [6.45, 7) is 6.24. The Labute approximate surface area is 158 Å². The molecule has 1 amide bonds. The molecule has 27 heavy (non-hydrogen) atoms. The molecule has 1 heterocycles. The number of aromatic amines is 1. The molecule has 0 aliphatic carbocycles. The zero-order chi connectivity index (χ0) is 20.2. The van der Waals surface area contributed by atoms with Crippen molar-refractivity contribution in [1.29, 1.82) is 0 Å². The molecule has 2 aromatic rings. The molecule has 0 aliphatic heterocycles. The molecule has 0 bridgehead atoms. The van der Waals surface area contributed by atoms with E-state index in [1.165, 1.54) is 6.92 Å². The second-order valence-corrected chi connectivity index (χ2v) is 7.69. The minimum absolute atomic E-state index is 0.0545. The van der Waals surface area contributed by atoms with E-state index in [-0.39, 0.29) is 17.1 Å². The van der Waals surface area contributed by atoms with Crippen molar-refractivity contribution in [3.8, 4) is 0 Å². The fraction of sp³-hybridized carbons (Fsp3) is 0.333. The van der Waals surface area contributed by atoms with E-state index in [0.29, 0.717) is 17.1 Å². The minimum Gasteiger partial charge on any atom is -0.462 e. The lowest BCUT2D eigenvalue weighted by Gasteiger charge is -2.11. The van der Waals surface area contributed by atoms with Crippen LogP contribution in [0.25, 0.3) is 0 Å². The van der Waals surface area contributed by atoms with Gasteiger partial charge in [0.15, 0.2) is 0 Å². The van der Waals surface area contributed by atoms with Gasteiger partial charge < -0.3 is 15.0 Å². The van der Waals surface area contributed by atoms with E-state index in [1.54, 1.807) is 26.0 Å². The summed E-state index contributed by atoms with van der Waals surface area (Å²) >= 11 is 0.